The van der Waals surface area contributed by atoms with E-state index in [0.29, 0.717) is 0 Å². The van der Waals surface area contributed by atoms with Gasteiger partial charge in [-0.15, -0.1) is 0 Å². The van der Waals surface area contributed by atoms with Crippen molar-refractivity contribution in [2.24, 2.45) is 0 Å². The van der Waals surface area contributed by atoms with E-state index >= 15 is 0 Å². The van der Waals surface area contributed by atoms with Gasteiger partial charge in [-0.1, -0.05) is 164 Å². The summed E-state index contributed by atoms with van der Waals surface area (Å²) in [4.78, 5) is 0. The molecule has 0 fully saturated rings. The second-order valence-corrected chi connectivity index (χ2v) is 17.2. The van der Waals surface area contributed by atoms with E-state index in [4.69, 9.17) is 4.74 Å². The Balaban J connectivity index is 0.969. The molecule has 64 heavy (non-hydrogen) atoms. The summed E-state index contributed by atoms with van der Waals surface area (Å²) in [5.41, 5.74) is 18.7. The molecule has 2 aromatic heterocycles. The van der Waals surface area contributed by atoms with Crippen LogP contribution < -0.4 is 4.74 Å². The Morgan fingerprint density at radius 1 is 0.281 bits per heavy atom. The van der Waals surface area contributed by atoms with Crippen LogP contribution in [0, 0.1) is 0 Å². The van der Waals surface area contributed by atoms with E-state index in [1.807, 2.05) is 0 Å². The topological polar surface area (TPSA) is 19.1 Å². The van der Waals surface area contributed by atoms with Crippen molar-refractivity contribution >= 4 is 43.6 Å². The highest BCUT2D eigenvalue weighted by molar-refractivity contribution is 6.13. The van der Waals surface area contributed by atoms with Crippen molar-refractivity contribution in [3.8, 4) is 56.3 Å². The highest BCUT2D eigenvalue weighted by Crippen LogP contribution is 2.62. The minimum atomic E-state index is -0.502. The summed E-state index contributed by atoms with van der Waals surface area (Å²) in [6.45, 7) is 0. The Morgan fingerprint density at radius 3 is 1.38 bits per heavy atom. The smallest absolute Gasteiger partial charge is 0.134 e. The lowest BCUT2D eigenvalue weighted by Gasteiger charge is -2.39. The van der Waals surface area contributed by atoms with Gasteiger partial charge < -0.3 is 13.9 Å². The molecular weight excluding hydrogens is 777 g/mol. The van der Waals surface area contributed by atoms with Gasteiger partial charge in [-0.25, -0.2) is 0 Å². The Hall–Kier alpha value is -8.40. The number of ether oxygens (including phenoxy) is 1. The quantitative estimate of drug-likeness (QED) is 0.173. The van der Waals surface area contributed by atoms with Gasteiger partial charge in [0.1, 0.15) is 11.5 Å². The average molecular weight is 815 g/mol. The first-order chi connectivity index (χ1) is 31.7. The molecule has 0 amide bonds. The van der Waals surface area contributed by atoms with Crippen LogP contribution in [0.4, 0.5) is 0 Å². The summed E-state index contributed by atoms with van der Waals surface area (Å²) in [6.07, 6.45) is 0. The molecule has 0 radical (unpaired) electrons. The number of benzene rings is 10. The van der Waals surface area contributed by atoms with Crippen LogP contribution in [0.15, 0.2) is 231 Å². The summed E-state index contributed by atoms with van der Waals surface area (Å²) in [6, 6.07) is 84.3. The molecule has 1 spiro atoms. The van der Waals surface area contributed by atoms with Crippen LogP contribution in [-0.4, -0.2) is 9.13 Å². The van der Waals surface area contributed by atoms with Crippen LogP contribution in [0.5, 0.6) is 11.5 Å². The largest absolute Gasteiger partial charge is 0.457 e. The molecule has 1 aliphatic heterocycles. The van der Waals surface area contributed by atoms with E-state index in [1.54, 1.807) is 0 Å². The van der Waals surface area contributed by atoms with E-state index in [2.05, 4.69) is 240 Å². The van der Waals surface area contributed by atoms with Gasteiger partial charge in [0.05, 0.1) is 27.5 Å². The van der Waals surface area contributed by atoms with E-state index in [9.17, 15) is 0 Å². The molecule has 12 aromatic rings. The normalized spacial score (nSPS) is 13.2. The first kappa shape index (κ1) is 35.2. The second-order valence-electron chi connectivity index (χ2n) is 17.2. The predicted octanol–water partition coefficient (Wildman–Crippen LogP) is 15.7. The molecule has 0 N–H and O–H groups in total. The Morgan fingerprint density at radius 2 is 0.734 bits per heavy atom. The molecule has 0 saturated heterocycles. The highest BCUT2D eigenvalue weighted by Gasteiger charge is 2.51. The van der Waals surface area contributed by atoms with Crippen molar-refractivity contribution < 1.29 is 4.74 Å². The van der Waals surface area contributed by atoms with Crippen molar-refractivity contribution in [3.05, 3.63) is 253 Å². The molecule has 0 bridgehead atoms. The molecule has 298 valence electrons. The standard InChI is InChI=1S/C61H38N2O/c1-3-15-39(16-4-1)41-27-32-56-48(35-41)49-36-42(40-17-5-2-6-18-40)28-33-57(49)62(56)43-30-34-58-50(37-43)47-21-9-13-25-55(47)63(58)44-29-31-54-60(38-44)64-59-26-14-12-24-53(59)61(54)51-22-10-7-19-45(51)46-20-8-11-23-52(46)61/h1-38H. The Labute approximate surface area is 370 Å². The maximum atomic E-state index is 6.96. The number of nitrogens with zero attached hydrogens (tertiary/aromatic N) is 2. The van der Waals surface area contributed by atoms with Crippen LogP contribution in [0.2, 0.25) is 0 Å². The monoisotopic (exact) mass is 814 g/mol. The summed E-state index contributed by atoms with van der Waals surface area (Å²) in [5.74, 6) is 1.77. The number of rotatable bonds is 4. The Bertz CT molecular complexity index is 3730. The highest BCUT2D eigenvalue weighted by atomic mass is 16.5. The molecule has 3 heteroatoms. The molecule has 0 unspecified atom stereocenters. The van der Waals surface area contributed by atoms with Gasteiger partial charge in [0.2, 0.25) is 0 Å². The van der Waals surface area contributed by atoms with Crippen LogP contribution in [0.1, 0.15) is 22.3 Å². The van der Waals surface area contributed by atoms with E-state index < -0.39 is 5.41 Å². The SMILES string of the molecule is c1ccc(-c2ccc3c(c2)c2cc(-c4ccccc4)ccc2n3-c2ccc3c(c2)c2ccccc2n3-c2ccc3c(c2)Oc2ccccc2C32c3ccccc3-c3ccccc32)cc1. The lowest BCUT2D eigenvalue weighted by molar-refractivity contribution is 0.436. The zero-order chi connectivity index (χ0) is 41.9. The van der Waals surface area contributed by atoms with Crippen molar-refractivity contribution in [3.63, 3.8) is 0 Å². The number of aromatic nitrogens is 2. The summed E-state index contributed by atoms with van der Waals surface area (Å²) < 4.78 is 11.8. The fourth-order valence-corrected chi connectivity index (χ4v) is 11.3. The lowest BCUT2D eigenvalue weighted by atomic mass is 9.66. The third-order valence-corrected chi connectivity index (χ3v) is 14.0. The molecule has 3 heterocycles. The van der Waals surface area contributed by atoms with Gasteiger partial charge >= 0.3 is 0 Å². The van der Waals surface area contributed by atoms with Crippen molar-refractivity contribution in [2.75, 3.05) is 0 Å². The molecule has 0 saturated carbocycles. The fraction of sp³-hybridized carbons (Fsp3) is 0.0164. The first-order valence-corrected chi connectivity index (χ1v) is 22.1. The van der Waals surface area contributed by atoms with Gasteiger partial charge in [-0.2, -0.15) is 0 Å². The van der Waals surface area contributed by atoms with Gasteiger partial charge in [-0.05, 0) is 105 Å². The number of fused-ring (bicyclic) bond motifs is 15. The molecule has 14 rings (SSSR count). The fourth-order valence-electron chi connectivity index (χ4n) is 11.3. The molecule has 10 aromatic carbocycles. The molecule has 0 atom stereocenters. The molecule has 1 aliphatic carbocycles. The summed E-state index contributed by atoms with van der Waals surface area (Å²) in [7, 11) is 0. The van der Waals surface area contributed by atoms with E-state index in [1.165, 1.54) is 82.6 Å². The van der Waals surface area contributed by atoms with Crippen molar-refractivity contribution in [1.29, 1.82) is 0 Å². The molecule has 2 aliphatic rings. The predicted molar refractivity (Wildman–Crippen MR) is 263 cm³/mol. The Kier molecular flexibility index (Phi) is 7.32. The average Bonchev–Trinajstić information content (AvgIpc) is 3.98. The van der Waals surface area contributed by atoms with Crippen LogP contribution >= 0.6 is 0 Å². The van der Waals surface area contributed by atoms with Crippen molar-refractivity contribution in [2.45, 2.75) is 5.41 Å². The zero-order valence-electron chi connectivity index (χ0n) is 34.7. The minimum absolute atomic E-state index is 0.502. The molecule has 3 nitrogen and oxygen atoms in total. The number of para-hydroxylation sites is 2. The van der Waals surface area contributed by atoms with E-state index in [0.717, 1.165) is 39.5 Å². The summed E-state index contributed by atoms with van der Waals surface area (Å²) in [5, 5.41) is 4.87. The third-order valence-electron chi connectivity index (χ3n) is 14.0. The summed E-state index contributed by atoms with van der Waals surface area (Å²) >= 11 is 0. The zero-order valence-corrected chi connectivity index (χ0v) is 34.7. The first-order valence-electron chi connectivity index (χ1n) is 22.1. The number of hydrogen-bond donors (Lipinski definition) is 0. The third kappa shape index (κ3) is 4.81. The van der Waals surface area contributed by atoms with Crippen LogP contribution in [0.3, 0.4) is 0 Å². The van der Waals surface area contributed by atoms with Crippen LogP contribution in [-0.2, 0) is 5.41 Å². The van der Waals surface area contributed by atoms with E-state index in [-0.39, 0.29) is 0 Å². The number of hydrogen-bond acceptors (Lipinski definition) is 1. The van der Waals surface area contributed by atoms with Gasteiger partial charge in [0, 0.05) is 50.1 Å². The van der Waals surface area contributed by atoms with Gasteiger partial charge in [0.15, 0.2) is 0 Å². The van der Waals surface area contributed by atoms with Gasteiger partial charge in [-0.3, -0.25) is 0 Å². The van der Waals surface area contributed by atoms with Crippen LogP contribution in [0.25, 0.3) is 88.4 Å². The molecular formula is C61H38N2O. The minimum Gasteiger partial charge on any atom is -0.457 e. The maximum absolute atomic E-state index is 6.96. The lowest BCUT2D eigenvalue weighted by Crippen LogP contribution is -2.32. The second kappa shape index (κ2) is 13.3. The van der Waals surface area contributed by atoms with Crippen molar-refractivity contribution in [1.82, 2.24) is 9.13 Å². The van der Waals surface area contributed by atoms with Gasteiger partial charge in [0.25, 0.3) is 0 Å². The maximum Gasteiger partial charge on any atom is 0.134 e.